The van der Waals surface area contributed by atoms with E-state index in [1.54, 1.807) is 0 Å². The Hall–Kier alpha value is -2.29. The molecule has 1 aromatic carbocycles. The van der Waals surface area contributed by atoms with Crippen molar-refractivity contribution in [2.75, 3.05) is 18.5 Å². The van der Waals surface area contributed by atoms with Crippen LogP contribution in [0.25, 0.3) is 0 Å². The van der Waals surface area contributed by atoms with Crippen LogP contribution in [-0.4, -0.2) is 37.4 Å². The average Bonchev–Trinajstić information content (AvgIpc) is 2.98. The number of nitrogens with one attached hydrogen (secondary N) is 2. The van der Waals surface area contributed by atoms with Gasteiger partial charge in [-0.15, -0.1) is 13.2 Å². The molecule has 23 heavy (non-hydrogen) atoms. The highest BCUT2D eigenvalue weighted by Gasteiger charge is 2.31. The maximum Gasteiger partial charge on any atom is 0.573 e. The second-order valence-electron chi connectivity index (χ2n) is 4.87. The maximum atomic E-state index is 12.0. The number of halogens is 3. The predicted octanol–water partition coefficient (Wildman–Crippen LogP) is 1.82. The third kappa shape index (κ3) is 5.78. The summed E-state index contributed by atoms with van der Waals surface area (Å²) in [4.78, 5) is 23.3. The summed E-state index contributed by atoms with van der Waals surface area (Å²) in [7, 11) is 0. The molecule has 2 N–H and O–H groups in total. The molecule has 1 saturated heterocycles. The fraction of sp³-hybridized carbons (Fsp3) is 0.429. The number of hydrogen-bond donors (Lipinski definition) is 2. The van der Waals surface area contributed by atoms with Gasteiger partial charge in [0.2, 0.25) is 0 Å². The van der Waals surface area contributed by atoms with Crippen molar-refractivity contribution in [2.24, 2.45) is 0 Å². The number of hydrogen-bond acceptors (Lipinski definition) is 4. The molecule has 0 saturated carbocycles. The number of carbonyl (C=O) groups is 2. The van der Waals surface area contributed by atoms with Crippen molar-refractivity contribution in [1.82, 2.24) is 5.32 Å². The van der Waals surface area contributed by atoms with Gasteiger partial charge in [-0.1, -0.05) is 0 Å². The Bertz CT molecular complexity index is 554. The molecule has 1 aromatic rings. The topological polar surface area (TPSA) is 76.7 Å². The second kappa shape index (κ2) is 7.32. The zero-order valence-electron chi connectivity index (χ0n) is 12.0. The molecular formula is C14H15F3N2O4. The Morgan fingerprint density at radius 2 is 1.91 bits per heavy atom. The molecule has 1 aliphatic rings. The van der Waals surface area contributed by atoms with E-state index in [0.717, 1.165) is 25.0 Å². The number of anilines is 1. The summed E-state index contributed by atoms with van der Waals surface area (Å²) in [6, 6.07) is 4.47. The van der Waals surface area contributed by atoms with Crippen LogP contribution in [-0.2, 0) is 14.3 Å². The lowest BCUT2D eigenvalue weighted by Gasteiger charge is -2.11. The molecule has 0 unspecified atom stereocenters. The Balaban J connectivity index is 1.80. The Labute approximate surface area is 129 Å². The van der Waals surface area contributed by atoms with Crippen LogP contribution in [0.5, 0.6) is 5.75 Å². The molecule has 0 aromatic heterocycles. The standard InChI is InChI=1S/C14H15F3N2O4/c15-14(16,17)23-10-5-3-9(4-6-10)19-13(21)12(20)18-8-11-2-1-7-22-11/h3-6,11H,1-2,7-8H2,(H,18,20)(H,19,21)/t11-/m1/s1. The number of benzene rings is 1. The van der Waals surface area contributed by atoms with E-state index in [1.165, 1.54) is 12.1 Å². The zero-order valence-corrected chi connectivity index (χ0v) is 12.0. The van der Waals surface area contributed by atoms with Crippen molar-refractivity contribution >= 4 is 17.5 Å². The zero-order chi connectivity index (χ0) is 16.9. The van der Waals surface area contributed by atoms with Gasteiger partial charge in [0.15, 0.2) is 0 Å². The monoisotopic (exact) mass is 332 g/mol. The summed E-state index contributed by atoms with van der Waals surface area (Å²) in [5.41, 5.74) is 0.178. The maximum absolute atomic E-state index is 12.0. The van der Waals surface area contributed by atoms with Crippen molar-refractivity contribution in [3.05, 3.63) is 24.3 Å². The first-order valence-electron chi connectivity index (χ1n) is 6.90. The third-order valence-electron chi connectivity index (χ3n) is 3.07. The number of amides is 2. The molecule has 126 valence electrons. The average molecular weight is 332 g/mol. The van der Waals surface area contributed by atoms with E-state index in [-0.39, 0.29) is 18.3 Å². The summed E-state index contributed by atoms with van der Waals surface area (Å²) in [5, 5.41) is 4.72. The van der Waals surface area contributed by atoms with Crippen LogP contribution in [0.2, 0.25) is 0 Å². The number of rotatable bonds is 4. The lowest BCUT2D eigenvalue weighted by molar-refractivity contribution is -0.274. The smallest absolute Gasteiger partial charge is 0.406 e. The summed E-state index contributed by atoms with van der Waals surface area (Å²) < 4.78 is 45.0. The lowest BCUT2D eigenvalue weighted by Crippen LogP contribution is -2.39. The van der Waals surface area contributed by atoms with E-state index >= 15 is 0 Å². The van der Waals surface area contributed by atoms with Crippen LogP contribution in [0.4, 0.5) is 18.9 Å². The molecule has 1 heterocycles. The van der Waals surface area contributed by atoms with Gasteiger partial charge in [-0.3, -0.25) is 9.59 Å². The van der Waals surface area contributed by atoms with Crippen molar-refractivity contribution in [2.45, 2.75) is 25.3 Å². The fourth-order valence-corrected chi connectivity index (χ4v) is 2.02. The minimum Gasteiger partial charge on any atom is -0.406 e. The summed E-state index contributed by atoms with van der Waals surface area (Å²) in [6.45, 7) is 0.879. The van der Waals surface area contributed by atoms with Gasteiger partial charge in [-0.05, 0) is 37.1 Å². The van der Waals surface area contributed by atoms with Gasteiger partial charge in [0.05, 0.1) is 6.10 Å². The SMILES string of the molecule is O=C(NC[C@H]1CCCO1)C(=O)Nc1ccc(OC(F)(F)F)cc1. The van der Waals surface area contributed by atoms with Crippen LogP contribution in [0.1, 0.15) is 12.8 Å². The molecule has 1 atom stereocenters. The van der Waals surface area contributed by atoms with Crippen molar-refractivity contribution < 1.29 is 32.2 Å². The van der Waals surface area contributed by atoms with E-state index in [4.69, 9.17) is 4.74 Å². The number of ether oxygens (including phenoxy) is 2. The molecule has 6 nitrogen and oxygen atoms in total. The fourth-order valence-electron chi connectivity index (χ4n) is 2.02. The summed E-state index contributed by atoms with van der Waals surface area (Å²) in [6.07, 6.45) is -3.14. The van der Waals surface area contributed by atoms with E-state index in [9.17, 15) is 22.8 Å². The van der Waals surface area contributed by atoms with Gasteiger partial charge in [0, 0.05) is 18.8 Å². The molecule has 0 bridgehead atoms. The summed E-state index contributed by atoms with van der Waals surface area (Å²) in [5.74, 6) is -2.16. The Kier molecular flexibility index (Phi) is 5.43. The minimum absolute atomic E-state index is 0.0921. The van der Waals surface area contributed by atoms with Crippen LogP contribution in [0.15, 0.2) is 24.3 Å². The van der Waals surface area contributed by atoms with Crippen LogP contribution in [0, 0.1) is 0 Å². The van der Waals surface area contributed by atoms with Crippen molar-refractivity contribution in [3.8, 4) is 5.75 Å². The highest BCUT2D eigenvalue weighted by Crippen LogP contribution is 2.23. The molecule has 2 amide bonds. The Morgan fingerprint density at radius 1 is 1.22 bits per heavy atom. The normalized spacial score (nSPS) is 17.6. The first-order chi connectivity index (χ1) is 10.8. The molecule has 2 rings (SSSR count). The minimum atomic E-state index is -4.78. The molecular weight excluding hydrogens is 317 g/mol. The van der Waals surface area contributed by atoms with Gasteiger partial charge >= 0.3 is 18.2 Å². The van der Waals surface area contributed by atoms with E-state index in [2.05, 4.69) is 15.4 Å². The van der Waals surface area contributed by atoms with E-state index in [1.807, 2.05) is 0 Å². The van der Waals surface area contributed by atoms with Gasteiger partial charge in [-0.2, -0.15) is 0 Å². The quantitative estimate of drug-likeness (QED) is 0.825. The molecule has 1 aliphatic heterocycles. The van der Waals surface area contributed by atoms with Gasteiger partial charge < -0.3 is 20.1 Å². The van der Waals surface area contributed by atoms with Gasteiger partial charge in [0.25, 0.3) is 0 Å². The van der Waals surface area contributed by atoms with Crippen molar-refractivity contribution in [1.29, 1.82) is 0 Å². The second-order valence-corrected chi connectivity index (χ2v) is 4.87. The van der Waals surface area contributed by atoms with Crippen molar-refractivity contribution in [3.63, 3.8) is 0 Å². The Morgan fingerprint density at radius 3 is 2.48 bits per heavy atom. The molecule has 0 radical (unpaired) electrons. The molecule has 0 aliphatic carbocycles. The molecule has 9 heteroatoms. The number of alkyl halides is 3. The molecule has 0 spiro atoms. The van der Waals surface area contributed by atoms with E-state index in [0.29, 0.717) is 6.61 Å². The predicted molar refractivity (Wildman–Crippen MR) is 73.7 cm³/mol. The summed E-state index contributed by atoms with van der Waals surface area (Å²) >= 11 is 0. The van der Waals surface area contributed by atoms with Crippen LogP contribution >= 0.6 is 0 Å². The van der Waals surface area contributed by atoms with Crippen LogP contribution in [0.3, 0.4) is 0 Å². The van der Waals surface area contributed by atoms with Gasteiger partial charge in [-0.25, -0.2) is 0 Å². The highest BCUT2D eigenvalue weighted by atomic mass is 19.4. The third-order valence-corrected chi connectivity index (χ3v) is 3.07. The number of carbonyl (C=O) groups excluding carboxylic acids is 2. The first kappa shape index (κ1) is 17.1. The first-order valence-corrected chi connectivity index (χ1v) is 6.90. The van der Waals surface area contributed by atoms with Gasteiger partial charge in [0.1, 0.15) is 5.75 Å². The van der Waals surface area contributed by atoms with E-state index < -0.39 is 23.9 Å². The largest absolute Gasteiger partial charge is 0.573 e. The highest BCUT2D eigenvalue weighted by molar-refractivity contribution is 6.39. The lowest BCUT2D eigenvalue weighted by atomic mass is 10.2. The van der Waals surface area contributed by atoms with Crippen LogP contribution < -0.4 is 15.4 Å². The molecule has 1 fully saturated rings.